The molecule has 26 heavy (non-hydrogen) atoms. The van der Waals surface area contributed by atoms with Crippen molar-refractivity contribution in [2.24, 2.45) is 0 Å². The molecule has 0 spiro atoms. The number of hydrogen-bond acceptors (Lipinski definition) is 4. The van der Waals surface area contributed by atoms with E-state index in [-0.39, 0.29) is 18.1 Å². The molecule has 2 atom stereocenters. The van der Waals surface area contributed by atoms with Crippen LogP contribution in [0.15, 0.2) is 35.7 Å². The molecule has 0 aliphatic carbocycles. The van der Waals surface area contributed by atoms with Crippen molar-refractivity contribution >= 4 is 17.2 Å². The lowest BCUT2D eigenvalue weighted by atomic mass is 9.90. The summed E-state index contributed by atoms with van der Waals surface area (Å²) in [4.78, 5) is 16.5. The summed E-state index contributed by atoms with van der Waals surface area (Å²) in [6.07, 6.45) is 3.43. The lowest BCUT2D eigenvalue weighted by molar-refractivity contribution is -0.132. The number of fused-ring (bicyclic) bond motifs is 1. The van der Waals surface area contributed by atoms with Crippen LogP contribution in [0.3, 0.4) is 0 Å². The lowest BCUT2D eigenvalue weighted by Gasteiger charge is -2.37. The highest BCUT2D eigenvalue weighted by molar-refractivity contribution is 7.10. The second-order valence-corrected chi connectivity index (χ2v) is 8.16. The van der Waals surface area contributed by atoms with E-state index in [0.717, 1.165) is 39.0 Å². The number of hydrogen-bond donors (Lipinski definition) is 1. The van der Waals surface area contributed by atoms with E-state index in [1.807, 2.05) is 11.3 Å². The van der Waals surface area contributed by atoms with E-state index < -0.39 is 0 Å². The normalized spacial score (nSPS) is 22.4. The number of carbonyl (C=O) groups excluding carboxylic acids is 1. The molecule has 4 rings (SSSR count). The molecule has 138 valence electrons. The van der Waals surface area contributed by atoms with Crippen molar-refractivity contribution in [1.82, 2.24) is 10.2 Å². The Morgan fingerprint density at radius 2 is 2.19 bits per heavy atom. The molecule has 2 aliphatic heterocycles. The van der Waals surface area contributed by atoms with Gasteiger partial charge in [0.2, 0.25) is 5.91 Å². The summed E-state index contributed by atoms with van der Waals surface area (Å²) in [5.41, 5.74) is 3.77. The van der Waals surface area contributed by atoms with E-state index >= 15 is 0 Å². The highest BCUT2D eigenvalue weighted by Crippen LogP contribution is 2.38. The molecule has 1 fully saturated rings. The van der Waals surface area contributed by atoms with Crippen molar-refractivity contribution in [2.75, 3.05) is 26.2 Å². The fraction of sp³-hybridized carbons (Fsp3) is 0.476. The van der Waals surface area contributed by atoms with Crippen LogP contribution >= 0.6 is 11.3 Å². The molecule has 3 heterocycles. The van der Waals surface area contributed by atoms with Crippen LogP contribution in [-0.4, -0.2) is 43.2 Å². The van der Waals surface area contributed by atoms with Crippen LogP contribution in [0.4, 0.5) is 0 Å². The number of aryl methyl sites for hydroxylation is 1. The van der Waals surface area contributed by atoms with Crippen molar-refractivity contribution in [3.05, 3.63) is 57.3 Å². The zero-order valence-electron chi connectivity index (χ0n) is 15.2. The van der Waals surface area contributed by atoms with Gasteiger partial charge in [-0.1, -0.05) is 24.3 Å². The quantitative estimate of drug-likeness (QED) is 0.878. The summed E-state index contributed by atoms with van der Waals surface area (Å²) in [6, 6.07) is 10.6. The van der Waals surface area contributed by atoms with Gasteiger partial charge in [0, 0.05) is 24.6 Å². The third-order valence-corrected chi connectivity index (χ3v) is 6.44. The van der Waals surface area contributed by atoms with Crippen molar-refractivity contribution in [2.45, 2.75) is 38.3 Å². The van der Waals surface area contributed by atoms with Gasteiger partial charge in [0.25, 0.3) is 0 Å². The molecular weight excluding hydrogens is 344 g/mol. The fourth-order valence-corrected chi connectivity index (χ4v) is 4.96. The SMILES string of the molecule is Cc1ccccc1[C@@H]1c2ccsc2CCN1C(=O)CNC[C@H]1CCCO1. The molecule has 0 saturated carbocycles. The van der Waals surface area contributed by atoms with Gasteiger partial charge in [-0.3, -0.25) is 4.79 Å². The van der Waals surface area contributed by atoms with E-state index in [9.17, 15) is 4.79 Å². The topological polar surface area (TPSA) is 41.6 Å². The minimum absolute atomic E-state index is 0.0308. The molecular formula is C21H26N2O2S. The van der Waals surface area contributed by atoms with Crippen molar-refractivity contribution in [3.8, 4) is 0 Å². The van der Waals surface area contributed by atoms with Gasteiger partial charge in [0.1, 0.15) is 0 Å². The second-order valence-electron chi connectivity index (χ2n) is 7.16. The van der Waals surface area contributed by atoms with Crippen molar-refractivity contribution in [1.29, 1.82) is 0 Å². The molecule has 1 saturated heterocycles. The first-order valence-corrected chi connectivity index (χ1v) is 10.4. The van der Waals surface area contributed by atoms with E-state index in [0.29, 0.717) is 6.54 Å². The number of amides is 1. The van der Waals surface area contributed by atoms with E-state index in [1.54, 1.807) is 0 Å². The average molecular weight is 371 g/mol. The first-order valence-electron chi connectivity index (χ1n) is 9.47. The summed E-state index contributed by atoms with van der Waals surface area (Å²) in [6.45, 7) is 4.91. The maximum Gasteiger partial charge on any atom is 0.237 e. The van der Waals surface area contributed by atoms with Gasteiger partial charge in [-0.2, -0.15) is 0 Å². The molecule has 2 aromatic rings. The summed E-state index contributed by atoms with van der Waals surface area (Å²) < 4.78 is 5.64. The predicted molar refractivity (Wildman–Crippen MR) is 105 cm³/mol. The molecule has 1 amide bonds. The lowest BCUT2D eigenvalue weighted by Crippen LogP contribution is -2.45. The van der Waals surface area contributed by atoms with Gasteiger partial charge in [0.15, 0.2) is 0 Å². The van der Waals surface area contributed by atoms with Gasteiger partial charge in [-0.25, -0.2) is 0 Å². The second kappa shape index (κ2) is 7.91. The third-order valence-electron chi connectivity index (χ3n) is 5.44. The number of rotatable bonds is 5. The Bertz CT molecular complexity index is 767. The highest BCUT2D eigenvalue weighted by atomic mass is 32.1. The van der Waals surface area contributed by atoms with E-state index in [1.165, 1.54) is 21.6 Å². The Labute approximate surface area is 159 Å². The first kappa shape index (κ1) is 17.7. The smallest absolute Gasteiger partial charge is 0.237 e. The Morgan fingerprint density at radius 3 is 3.00 bits per heavy atom. The molecule has 4 nitrogen and oxygen atoms in total. The monoisotopic (exact) mass is 370 g/mol. The van der Waals surface area contributed by atoms with Crippen LogP contribution in [0.1, 0.15) is 40.5 Å². The first-order chi connectivity index (χ1) is 12.7. The number of benzene rings is 1. The Balaban J connectivity index is 1.52. The number of thiophene rings is 1. The summed E-state index contributed by atoms with van der Waals surface area (Å²) >= 11 is 1.81. The number of ether oxygens (including phenoxy) is 1. The molecule has 1 N–H and O–H groups in total. The molecule has 1 aromatic carbocycles. The van der Waals surface area contributed by atoms with E-state index in [2.05, 4.69) is 52.9 Å². The van der Waals surface area contributed by atoms with Crippen LogP contribution in [0, 0.1) is 6.92 Å². The van der Waals surface area contributed by atoms with Crippen molar-refractivity contribution in [3.63, 3.8) is 0 Å². The molecule has 0 bridgehead atoms. The van der Waals surface area contributed by atoms with Gasteiger partial charge >= 0.3 is 0 Å². The summed E-state index contributed by atoms with van der Waals surface area (Å²) in [5.74, 6) is 0.174. The van der Waals surface area contributed by atoms with Crippen LogP contribution in [0.5, 0.6) is 0 Å². The van der Waals surface area contributed by atoms with Gasteiger partial charge in [-0.15, -0.1) is 11.3 Å². The van der Waals surface area contributed by atoms with Crippen molar-refractivity contribution < 1.29 is 9.53 Å². The number of nitrogens with zero attached hydrogens (tertiary/aromatic N) is 1. The zero-order chi connectivity index (χ0) is 17.9. The van der Waals surface area contributed by atoms with E-state index in [4.69, 9.17) is 4.74 Å². The van der Waals surface area contributed by atoms with Crippen LogP contribution in [-0.2, 0) is 16.0 Å². The Hall–Kier alpha value is -1.69. The average Bonchev–Trinajstić information content (AvgIpc) is 3.33. The summed E-state index contributed by atoms with van der Waals surface area (Å²) in [5, 5.41) is 5.47. The number of nitrogens with one attached hydrogen (secondary N) is 1. The predicted octanol–water partition coefficient (Wildman–Crippen LogP) is 3.30. The third kappa shape index (κ3) is 3.56. The van der Waals surface area contributed by atoms with Crippen LogP contribution in [0.2, 0.25) is 0 Å². The molecule has 0 unspecified atom stereocenters. The van der Waals surface area contributed by atoms with Crippen LogP contribution in [0.25, 0.3) is 0 Å². The molecule has 0 radical (unpaired) electrons. The molecule has 2 aliphatic rings. The minimum atomic E-state index is 0.0308. The maximum absolute atomic E-state index is 13.0. The highest BCUT2D eigenvalue weighted by Gasteiger charge is 2.33. The minimum Gasteiger partial charge on any atom is -0.377 e. The molecule has 1 aromatic heterocycles. The van der Waals surface area contributed by atoms with Gasteiger partial charge in [0.05, 0.1) is 18.7 Å². The van der Waals surface area contributed by atoms with Gasteiger partial charge in [-0.05, 0) is 54.3 Å². The van der Waals surface area contributed by atoms with Gasteiger partial charge < -0.3 is 15.0 Å². The maximum atomic E-state index is 13.0. The summed E-state index contributed by atoms with van der Waals surface area (Å²) in [7, 11) is 0. The Morgan fingerprint density at radius 1 is 1.31 bits per heavy atom. The number of carbonyl (C=O) groups is 1. The Kier molecular flexibility index (Phi) is 5.38. The zero-order valence-corrected chi connectivity index (χ0v) is 16.1. The molecule has 5 heteroatoms. The fourth-order valence-electron chi connectivity index (χ4n) is 4.06. The standard InChI is InChI=1S/C21H26N2O2S/c1-15-5-2-3-7-17(15)21-18-9-12-26-19(18)8-10-23(21)20(24)14-22-13-16-6-4-11-25-16/h2-3,5,7,9,12,16,21-22H,4,6,8,10-11,13-14H2,1H3/t16-,21-/m1/s1. The van der Waals surface area contributed by atoms with Crippen LogP contribution < -0.4 is 5.32 Å². The largest absolute Gasteiger partial charge is 0.377 e.